The van der Waals surface area contributed by atoms with Gasteiger partial charge in [-0.3, -0.25) is 10.00 Å². The molecule has 23 heavy (non-hydrogen) atoms. The zero-order valence-corrected chi connectivity index (χ0v) is 13.3. The summed E-state index contributed by atoms with van der Waals surface area (Å²) in [6.45, 7) is 6.39. The molecule has 0 aliphatic carbocycles. The van der Waals surface area contributed by atoms with Gasteiger partial charge < -0.3 is 14.8 Å². The molecule has 0 unspecified atom stereocenters. The lowest BCUT2D eigenvalue weighted by Crippen LogP contribution is -2.37. The summed E-state index contributed by atoms with van der Waals surface area (Å²) in [7, 11) is 0. The van der Waals surface area contributed by atoms with Gasteiger partial charge in [-0.25, -0.2) is 0 Å². The Morgan fingerprint density at radius 2 is 2.00 bits per heavy atom. The monoisotopic (exact) mass is 316 g/mol. The number of hydrogen-bond donors (Lipinski definition) is 2. The normalized spacial score (nSPS) is 15.5. The first-order chi connectivity index (χ1) is 11.4. The Morgan fingerprint density at radius 3 is 2.74 bits per heavy atom. The first kappa shape index (κ1) is 15.8. The number of aromatic amines is 1. The largest absolute Gasteiger partial charge is 0.494 e. The number of nitrogens with zero attached hydrogens (tertiary/aromatic N) is 2. The summed E-state index contributed by atoms with van der Waals surface area (Å²) in [5, 5.41) is 10.1. The standard InChI is InChI=1S/C17H24N4O2/c1(8-21-9-12-22-13-10-21)11-23-16-4-2-15(3-5-16)14-18-17-6-7-19-20-17/h2-7H,1,8-14H2,(H2,18,19,20). The third-order valence-electron chi connectivity index (χ3n) is 3.90. The zero-order valence-electron chi connectivity index (χ0n) is 13.3. The van der Waals surface area contributed by atoms with E-state index in [1.54, 1.807) is 6.20 Å². The minimum Gasteiger partial charge on any atom is -0.494 e. The molecule has 124 valence electrons. The molecule has 0 spiro atoms. The lowest BCUT2D eigenvalue weighted by molar-refractivity contribution is 0.0358. The highest BCUT2D eigenvalue weighted by atomic mass is 16.5. The van der Waals surface area contributed by atoms with Gasteiger partial charge in [0.15, 0.2) is 0 Å². The Balaban J connectivity index is 1.34. The van der Waals surface area contributed by atoms with Gasteiger partial charge in [0.1, 0.15) is 11.6 Å². The number of rotatable bonds is 8. The highest BCUT2D eigenvalue weighted by Gasteiger charge is 2.09. The van der Waals surface area contributed by atoms with Gasteiger partial charge in [-0.2, -0.15) is 5.10 Å². The first-order valence-electron chi connectivity index (χ1n) is 8.15. The van der Waals surface area contributed by atoms with Crippen molar-refractivity contribution in [1.29, 1.82) is 0 Å². The molecule has 1 aromatic heterocycles. The van der Waals surface area contributed by atoms with Crippen molar-refractivity contribution in [2.75, 3.05) is 44.8 Å². The van der Waals surface area contributed by atoms with Crippen molar-refractivity contribution in [2.45, 2.75) is 13.0 Å². The summed E-state index contributed by atoms with van der Waals surface area (Å²) in [6.07, 6.45) is 2.78. The molecule has 1 aliphatic rings. The molecule has 3 rings (SSSR count). The molecule has 0 radical (unpaired) electrons. The van der Waals surface area contributed by atoms with Crippen molar-refractivity contribution in [2.24, 2.45) is 0 Å². The summed E-state index contributed by atoms with van der Waals surface area (Å²) in [5.74, 6) is 1.85. The second kappa shape index (κ2) is 8.55. The molecule has 2 heterocycles. The number of ether oxygens (including phenoxy) is 2. The number of anilines is 1. The topological polar surface area (TPSA) is 62.4 Å². The van der Waals surface area contributed by atoms with Crippen LogP contribution in [0.5, 0.6) is 5.75 Å². The van der Waals surface area contributed by atoms with Gasteiger partial charge >= 0.3 is 0 Å². The maximum Gasteiger partial charge on any atom is 0.121 e. The average molecular weight is 316 g/mol. The molecule has 0 amide bonds. The molecule has 6 nitrogen and oxygen atoms in total. The number of morpholine rings is 1. The van der Waals surface area contributed by atoms with Crippen molar-refractivity contribution < 1.29 is 9.47 Å². The summed E-state index contributed by atoms with van der Waals surface area (Å²) in [4.78, 5) is 2.43. The van der Waals surface area contributed by atoms with E-state index in [4.69, 9.17) is 9.47 Å². The minimum atomic E-state index is 0.753. The van der Waals surface area contributed by atoms with Crippen LogP contribution in [0.3, 0.4) is 0 Å². The van der Waals surface area contributed by atoms with E-state index in [0.29, 0.717) is 0 Å². The van der Waals surface area contributed by atoms with E-state index in [1.807, 2.05) is 18.2 Å². The van der Waals surface area contributed by atoms with Gasteiger partial charge in [-0.05, 0) is 30.2 Å². The molecule has 0 bridgehead atoms. The van der Waals surface area contributed by atoms with Crippen molar-refractivity contribution in [3.05, 3.63) is 42.1 Å². The van der Waals surface area contributed by atoms with Crippen LogP contribution in [0.15, 0.2) is 36.5 Å². The summed E-state index contributed by atoms with van der Waals surface area (Å²) in [6, 6.07) is 10.1. The van der Waals surface area contributed by atoms with E-state index in [1.165, 1.54) is 5.56 Å². The molecule has 1 saturated heterocycles. The lowest BCUT2D eigenvalue weighted by atomic mass is 10.2. The predicted molar refractivity (Wildman–Crippen MR) is 89.7 cm³/mol. The third-order valence-corrected chi connectivity index (χ3v) is 3.90. The molecule has 0 atom stereocenters. The van der Waals surface area contributed by atoms with Crippen LogP contribution in [0, 0.1) is 0 Å². The van der Waals surface area contributed by atoms with Crippen LogP contribution < -0.4 is 10.1 Å². The fraction of sp³-hybridized carbons (Fsp3) is 0.471. The maximum atomic E-state index is 5.81. The maximum absolute atomic E-state index is 5.81. The van der Waals surface area contributed by atoms with Crippen molar-refractivity contribution in [1.82, 2.24) is 15.1 Å². The molecule has 1 aromatic carbocycles. The van der Waals surface area contributed by atoms with E-state index in [-0.39, 0.29) is 0 Å². The number of hydrogen-bond acceptors (Lipinski definition) is 5. The van der Waals surface area contributed by atoms with E-state index < -0.39 is 0 Å². The molecule has 1 fully saturated rings. The molecule has 1 aliphatic heterocycles. The Labute approximate surface area is 136 Å². The van der Waals surface area contributed by atoms with Gasteiger partial charge in [0.2, 0.25) is 0 Å². The highest BCUT2D eigenvalue weighted by Crippen LogP contribution is 2.13. The summed E-state index contributed by atoms with van der Waals surface area (Å²) in [5.41, 5.74) is 1.21. The Hall–Kier alpha value is -2.05. The number of aromatic nitrogens is 2. The SMILES string of the molecule is c1cc(NCc2ccc(OCCCN3CCOCC3)cc2)[nH]n1. The van der Waals surface area contributed by atoms with Gasteiger partial charge in [0.25, 0.3) is 0 Å². The molecular weight excluding hydrogens is 292 g/mol. The van der Waals surface area contributed by atoms with Crippen LogP contribution in [0.1, 0.15) is 12.0 Å². The lowest BCUT2D eigenvalue weighted by Gasteiger charge is -2.26. The van der Waals surface area contributed by atoms with Gasteiger partial charge in [0.05, 0.1) is 26.0 Å². The van der Waals surface area contributed by atoms with Crippen LogP contribution >= 0.6 is 0 Å². The van der Waals surface area contributed by atoms with Crippen LogP contribution in [0.25, 0.3) is 0 Å². The van der Waals surface area contributed by atoms with Crippen molar-refractivity contribution in [3.8, 4) is 5.75 Å². The number of H-pyrrole nitrogens is 1. The van der Waals surface area contributed by atoms with Crippen LogP contribution in [0.2, 0.25) is 0 Å². The second-order valence-electron chi connectivity index (χ2n) is 5.62. The molecule has 2 N–H and O–H groups in total. The second-order valence-corrected chi connectivity index (χ2v) is 5.62. The molecule has 0 saturated carbocycles. The van der Waals surface area contributed by atoms with Gasteiger partial charge in [0, 0.05) is 26.2 Å². The van der Waals surface area contributed by atoms with E-state index in [0.717, 1.165) is 64.0 Å². The highest BCUT2D eigenvalue weighted by molar-refractivity contribution is 5.35. The number of nitrogens with one attached hydrogen (secondary N) is 2. The fourth-order valence-electron chi connectivity index (χ4n) is 2.56. The van der Waals surface area contributed by atoms with Crippen LogP contribution in [-0.4, -0.2) is 54.6 Å². The summed E-state index contributed by atoms with van der Waals surface area (Å²) >= 11 is 0. The Bertz CT molecular complexity index is 550. The Morgan fingerprint density at radius 1 is 1.17 bits per heavy atom. The van der Waals surface area contributed by atoms with Crippen LogP contribution in [0.4, 0.5) is 5.82 Å². The van der Waals surface area contributed by atoms with Crippen LogP contribution in [-0.2, 0) is 11.3 Å². The third kappa shape index (κ3) is 5.26. The Kier molecular flexibility index (Phi) is 5.88. The van der Waals surface area contributed by atoms with E-state index >= 15 is 0 Å². The fourth-order valence-corrected chi connectivity index (χ4v) is 2.56. The minimum absolute atomic E-state index is 0.753. The van der Waals surface area contributed by atoms with Crippen molar-refractivity contribution in [3.63, 3.8) is 0 Å². The predicted octanol–water partition coefficient (Wildman–Crippen LogP) is 2.12. The van der Waals surface area contributed by atoms with E-state index in [2.05, 4.69) is 32.5 Å². The average Bonchev–Trinajstić information content (AvgIpc) is 3.12. The van der Waals surface area contributed by atoms with Gasteiger partial charge in [-0.15, -0.1) is 0 Å². The summed E-state index contributed by atoms with van der Waals surface area (Å²) < 4.78 is 11.2. The zero-order chi connectivity index (χ0) is 15.7. The quantitative estimate of drug-likeness (QED) is 0.731. The smallest absolute Gasteiger partial charge is 0.121 e. The molecular formula is C17H24N4O2. The first-order valence-corrected chi connectivity index (χ1v) is 8.15. The number of benzene rings is 1. The molecule has 2 aromatic rings. The van der Waals surface area contributed by atoms with Crippen molar-refractivity contribution >= 4 is 5.82 Å². The van der Waals surface area contributed by atoms with E-state index in [9.17, 15) is 0 Å². The molecule has 6 heteroatoms. The van der Waals surface area contributed by atoms with Gasteiger partial charge in [-0.1, -0.05) is 12.1 Å².